The minimum absolute atomic E-state index is 0.112. The molecule has 7 nitrogen and oxygen atoms in total. The van der Waals surface area contributed by atoms with Gasteiger partial charge in [0.2, 0.25) is 0 Å². The van der Waals surface area contributed by atoms with E-state index in [2.05, 4.69) is 20.6 Å². The van der Waals surface area contributed by atoms with Gasteiger partial charge in [-0.15, -0.1) is 0 Å². The summed E-state index contributed by atoms with van der Waals surface area (Å²) in [5, 5.41) is 22.6. The summed E-state index contributed by atoms with van der Waals surface area (Å²) in [5.41, 5.74) is 0.742. The van der Waals surface area contributed by atoms with E-state index in [4.69, 9.17) is 0 Å². The first-order valence-corrected chi connectivity index (χ1v) is 7.31. The number of aliphatic hydroxyl groups is 1. The summed E-state index contributed by atoms with van der Waals surface area (Å²) in [6.45, 7) is 0. The molecule has 24 heavy (non-hydrogen) atoms. The van der Waals surface area contributed by atoms with Gasteiger partial charge in [0.25, 0.3) is 5.91 Å². The van der Waals surface area contributed by atoms with E-state index in [1.165, 1.54) is 23.3 Å². The highest BCUT2D eigenvalue weighted by molar-refractivity contribution is 5.82. The zero-order chi connectivity index (χ0) is 17.5. The van der Waals surface area contributed by atoms with Gasteiger partial charge in [0, 0.05) is 42.5 Å². The third-order valence-electron chi connectivity index (χ3n) is 4.13. The molecule has 0 aliphatic heterocycles. The fourth-order valence-corrected chi connectivity index (χ4v) is 2.96. The number of aromatic amines is 1. The number of carbonyl (C=O) groups excluding carboxylic acids is 1. The van der Waals surface area contributed by atoms with Crippen LogP contribution in [-0.2, 0) is 18.3 Å². The lowest BCUT2D eigenvalue weighted by molar-refractivity contribution is -0.155. The van der Waals surface area contributed by atoms with Gasteiger partial charge in [-0.25, -0.2) is 0 Å². The van der Waals surface area contributed by atoms with Crippen LogP contribution in [0.1, 0.15) is 35.3 Å². The van der Waals surface area contributed by atoms with Crippen molar-refractivity contribution in [2.75, 3.05) is 0 Å². The van der Waals surface area contributed by atoms with Crippen LogP contribution in [-0.4, -0.2) is 43.2 Å². The Balaban J connectivity index is 1.73. The molecule has 10 heteroatoms. The molecular weight excluding hydrogens is 327 g/mol. The molecule has 1 aliphatic rings. The molecule has 3 rings (SSSR count). The number of amides is 1. The highest BCUT2D eigenvalue weighted by atomic mass is 19.4. The summed E-state index contributed by atoms with van der Waals surface area (Å²) in [6, 6.07) is -0.747. The maximum absolute atomic E-state index is 13.2. The number of hydrogen-bond donors (Lipinski definition) is 3. The van der Waals surface area contributed by atoms with Crippen LogP contribution >= 0.6 is 0 Å². The molecule has 2 aromatic heterocycles. The van der Waals surface area contributed by atoms with Gasteiger partial charge in [-0.2, -0.15) is 23.4 Å². The van der Waals surface area contributed by atoms with E-state index >= 15 is 0 Å². The molecule has 3 unspecified atom stereocenters. The van der Waals surface area contributed by atoms with Gasteiger partial charge in [0.05, 0.1) is 18.3 Å². The zero-order valence-electron chi connectivity index (χ0n) is 12.7. The van der Waals surface area contributed by atoms with Gasteiger partial charge in [-0.1, -0.05) is 0 Å². The Morgan fingerprint density at radius 2 is 2.25 bits per heavy atom. The SMILES string of the molecule is Cn1cc(C(O)C(=O)NC2Cc3[nH]ncc3C(C(F)(F)F)C2)cn1. The van der Waals surface area contributed by atoms with Gasteiger partial charge < -0.3 is 10.4 Å². The Bertz CT molecular complexity index is 739. The Hall–Kier alpha value is -2.36. The largest absolute Gasteiger partial charge is 0.395 e. The number of nitrogens with zero attached hydrogens (tertiary/aromatic N) is 3. The highest BCUT2D eigenvalue weighted by Gasteiger charge is 2.46. The van der Waals surface area contributed by atoms with E-state index in [0.717, 1.165) is 0 Å². The molecule has 0 spiro atoms. The van der Waals surface area contributed by atoms with Crippen LogP contribution in [0.2, 0.25) is 0 Å². The zero-order valence-corrected chi connectivity index (χ0v) is 12.7. The molecule has 3 N–H and O–H groups in total. The summed E-state index contributed by atoms with van der Waals surface area (Å²) in [7, 11) is 1.63. The maximum atomic E-state index is 13.2. The first-order valence-electron chi connectivity index (χ1n) is 7.31. The number of halogens is 3. The maximum Gasteiger partial charge on any atom is 0.395 e. The summed E-state index contributed by atoms with van der Waals surface area (Å²) in [5.74, 6) is -2.45. The lowest BCUT2D eigenvalue weighted by Crippen LogP contribution is -2.44. The normalized spacial score (nSPS) is 22.0. The number of hydrogen-bond acceptors (Lipinski definition) is 4. The van der Waals surface area contributed by atoms with E-state index in [1.807, 2.05) is 0 Å². The smallest absolute Gasteiger partial charge is 0.378 e. The van der Waals surface area contributed by atoms with Gasteiger partial charge in [0.15, 0.2) is 6.10 Å². The monoisotopic (exact) mass is 343 g/mol. The molecule has 0 bridgehead atoms. The van der Waals surface area contributed by atoms with Crippen LogP contribution in [0, 0.1) is 0 Å². The molecule has 3 atom stereocenters. The lowest BCUT2D eigenvalue weighted by Gasteiger charge is -2.31. The topological polar surface area (TPSA) is 95.8 Å². The molecule has 2 heterocycles. The number of alkyl halides is 3. The minimum Gasteiger partial charge on any atom is -0.378 e. The van der Waals surface area contributed by atoms with Crippen molar-refractivity contribution in [2.24, 2.45) is 7.05 Å². The van der Waals surface area contributed by atoms with Crippen molar-refractivity contribution in [3.05, 3.63) is 35.4 Å². The molecule has 1 amide bonds. The fourth-order valence-electron chi connectivity index (χ4n) is 2.96. The van der Waals surface area contributed by atoms with Crippen LogP contribution in [0.3, 0.4) is 0 Å². The number of nitrogens with one attached hydrogen (secondary N) is 2. The van der Waals surface area contributed by atoms with Crippen LogP contribution in [0.15, 0.2) is 18.6 Å². The van der Waals surface area contributed by atoms with Gasteiger partial charge >= 0.3 is 6.18 Å². The second kappa shape index (κ2) is 5.93. The van der Waals surface area contributed by atoms with Crippen LogP contribution in [0.4, 0.5) is 13.2 Å². The van der Waals surface area contributed by atoms with Crippen molar-refractivity contribution in [1.82, 2.24) is 25.3 Å². The summed E-state index contributed by atoms with van der Waals surface area (Å²) in [6.07, 6.45) is -2.02. The molecule has 1 aliphatic carbocycles. The lowest BCUT2D eigenvalue weighted by atomic mass is 9.83. The summed E-state index contributed by atoms with van der Waals surface area (Å²) < 4.78 is 41.1. The van der Waals surface area contributed by atoms with E-state index in [9.17, 15) is 23.1 Å². The van der Waals surface area contributed by atoms with Crippen LogP contribution < -0.4 is 5.32 Å². The number of carbonyl (C=O) groups is 1. The van der Waals surface area contributed by atoms with Crippen molar-refractivity contribution in [3.8, 4) is 0 Å². The van der Waals surface area contributed by atoms with E-state index in [0.29, 0.717) is 5.69 Å². The summed E-state index contributed by atoms with van der Waals surface area (Å²) in [4.78, 5) is 12.1. The Morgan fingerprint density at radius 3 is 2.88 bits per heavy atom. The van der Waals surface area contributed by atoms with Crippen LogP contribution in [0.25, 0.3) is 0 Å². The number of aliphatic hydroxyl groups excluding tert-OH is 1. The number of aryl methyl sites for hydroxylation is 1. The predicted molar refractivity (Wildman–Crippen MR) is 75.8 cm³/mol. The van der Waals surface area contributed by atoms with Gasteiger partial charge in [-0.3, -0.25) is 14.6 Å². The van der Waals surface area contributed by atoms with Gasteiger partial charge in [-0.05, 0) is 6.42 Å². The molecule has 0 radical (unpaired) electrons. The van der Waals surface area contributed by atoms with Crippen molar-refractivity contribution >= 4 is 5.91 Å². The van der Waals surface area contributed by atoms with Crippen molar-refractivity contribution in [3.63, 3.8) is 0 Å². The molecular formula is C14H16F3N5O2. The highest BCUT2D eigenvalue weighted by Crippen LogP contribution is 2.42. The fraction of sp³-hybridized carbons (Fsp3) is 0.500. The molecule has 0 saturated carbocycles. The minimum atomic E-state index is -4.43. The second-order valence-corrected chi connectivity index (χ2v) is 5.89. The van der Waals surface area contributed by atoms with Crippen molar-refractivity contribution in [1.29, 1.82) is 0 Å². The number of H-pyrrole nitrogens is 1. The van der Waals surface area contributed by atoms with Gasteiger partial charge in [0.1, 0.15) is 0 Å². The molecule has 0 aromatic carbocycles. The Morgan fingerprint density at radius 1 is 1.50 bits per heavy atom. The average molecular weight is 343 g/mol. The Labute approximate surface area is 134 Å². The number of aromatic nitrogens is 4. The third kappa shape index (κ3) is 3.14. The van der Waals surface area contributed by atoms with E-state index in [1.54, 1.807) is 7.05 Å². The molecule has 2 aromatic rings. The molecule has 0 saturated heterocycles. The number of rotatable bonds is 3. The van der Waals surface area contributed by atoms with E-state index < -0.39 is 30.1 Å². The standard InChI is InChI=1S/C14H16F3N5O2/c1-22-6-7(4-19-22)12(23)13(24)20-8-2-10(14(15,16)17)9-5-18-21-11(9)3-8/h4-6,8,10,12,23H,2-3H2,1H3,(H,18,21)(H,20,24). The van der Waals surface area contributed by atoms with E-state index in [-0.39, 0.29) is 24.0 Å². The predicted octanol–water partition coefficient (Wildman–Crippen LogP) is 0.954. The molecule has 130 valence electrons. The van der Waals surface area contributed by atoms with Crippen LogP contribution in [0.5, 0.6) is 0 Å². The Kier molecular flexibility index (Phi) is 4.08. The van der Waals surface area contributed by atoms with Crippen molar-refractivity contribution in [2.45, 2.75) is 37.1 Å². The average Bonchev–Trinajstić information content (AvgIpc) is 3.13. The summed E-state index contributed by atoms with van der Waals surface area (Å²) >= 11 is 0. The first-order chi connectivity index (χ1) is 11.3. The third-order valence-corrected chi connectivity index (χ3v) is 4.13. The quantitative estimate of drug-likeness (QED) is 0.773. The molecule has 0 fully saturated rings. The first kappa shape index (κ1) is 16.5. The second-order valence-electron chi connectivity index (χ2n) is 5.89. The number of fused-ring (bicyclic) bond motifs is 1. The van der Waals surface area contributed by atoms with Crippen molar-refractivity contribution < 1.29 is 23.1 Å².